The van der Waals surface area contributed by atoms with Gasteiger partial charge in [0.15, 0.2) is 0 Å². The average molecular weight is 427 g/mol. The van der Waals surface area contributed by atoms with Crippen molar-refractivity contribution in [3.8, 4) is 33.5 Å². The van der Waals surface area contributed by atoms with Crippen molar-refractivity contribution in [1.29, 1.82) is 0 Å². The van der Waals surface area contributed by atoms with Gasteiger partial charge in [-0.15, -0.1) is 0 Å². The molecule has 1 N–H and O–H groups in total. The minimum Gasteiger partial charge on any atom is -0.306 e. The highest BCUT2D eigenvalue weighted by Gasteiger charge is 2.14. The summed E-state index contributed by atoms with van der Waals surface area (Å²) in [7, 11) is 0. The van der Waals surface area contributed by atoms with Crippen molar-refractivity contribution in [3.05, 3.63) is 108 Å². The maximum absolute atomic E-state index is 12.8. The topological polar surface area (TPSA) is 84.4 Å². The zero-order valence-corrected chi connectivity index (χ0v) is 17.4. The maximum Gasteiger partial charge on any atom is 0.257 e. The molecule has 0 spiro atoms. The fourth-order valence-corrected chi connectivity index (χ4v) is 4.07. The zero-order valence-electron chi connectivity index (χ0n) is 17.4. The largest absolute Gasteiger partial charge is 0.306 e. The van der Waals surface area contributed by atoms with Crippen molar-refractivity contribution in [2.24, 2.45) is 0 Å². The first-order valence-corrected chi connectivity index (χ1v) is 10.5. The monoisotopic (exact) mass is 427 g/mol. The van der Waals surface area contributed by atoms with E-state index in [1.807, 2.05) is 54.6 Å². The lowest BCUT2D eigenvalue weighted by Gasteiger charge is -2.13. The number of hydrogen-bond acceptors (Lipinski definition) is 5. The third-order valence-corrected chi connectivity index (χ3v) is 5.66. The molecule has 156 valence electrons. The van der Waals surface area contributed by atoms with Crippen LogP contribution in [0.4, 0.5) is 0 Å². The molecule has 0 saturated carbocycles. The first-order valence-electron chi connectivity index (χ1n) is 10.5. The SMILES string of the molecule is O=c1[nH]c2nc(-c3ccccc3)c(-c3ccc4ncccc4c3)cc2cc1-c1cncnc1. The van der Waals surface area contributed by atoms with E-state index < -0.39 is 0 Å². The van der Waals surface area contributed by atoms with Crippen LogP contribution in [0.2, 0.25) is 0 Å². The Kier molecular flexibility index (Phi) is 4.47. The summed E-state index contributed by atoms with van der Waals surface area (Å²) < 4.78 is 0. The molecule has 6 heteroatoms. The molecule has 33 heavy (non-hydrogen) atoms. The van der Waals surface area contributed by atoms with Crippen LogP contribution in [-0.2, 0) is 0 Å². The van der Waals surface area contributed by atoms with E-state index in [4.69, 9.17) is 4.98 Å². The first kappa shape index (κ1) is 19.0. The molecular formula is C27H17N5O. The minimum atomic E-state index is -0.228. The zero-order chi connectivity index (χ0) is 22.2. The van der Waals surface area contributed by atoms with Crippen molar-refractivity contribution >= 4 is 21.9 Å². The summed E-state index contributed by atoms with van der Waals surface area (Å²) >= 11 is 0. The number of rotatable bonds is 3. The molecule has 0 aliphatic carbocycles. The molecule has 0 aliphatic rings. The molecule has 6 nitrogen and oxygen atoms in total. The van der Waals surface area contributed by atoms with Gasteiger partial charge < -0.3 is 4.98 Å². The van der Waals surface area contributed by atoms with Gasteiger partial charge in [0, 0.05) is 46.1 Å². The summed E-state index contributed by atoms with van der Waals surface area (Å²) in [4.78, 5) is 33.2. The van der Waals surface area contributed by atoms with E-state index in [-0.39, 0.29) is 5.56 Å². The normalized spacial score (nSPS) is 11.2. The molecule has 0 bridgehead atoms. The molecule has 2 aromatic carbocycles. The number of fused-ring (bicyclic) bond motifs is 2. The van der Waals surface area contributed by atoms with E-state index in [0.29, 0.717) is 16.8 Å². The molecule has 0 saturated heterocycles. The number of H-pyrrole nitrogens is 1. The van der Waals surface area contributed by atoms with E-state index in [1.165, 1.54) is 6.33 Å². The van der Waals surface area contributed by atoms with Crippen LogP contribution in [0.25, 0.3) is 55.4 Å². The van der Waals surface area contributed by atoms with E-state index >= 15 is 0 Å². The molecule has 4 heterocycles. The third kappa shape index (κ3) is 3.43. The molecule has 0 aliphatic heterocycles. The lowest BCUT2D eigenvalue weighted by molar-refractivity contribution is 1.16. The Hall–Kier alpha value is -4.71. The Labute approximate surface area is 188 Å². The summed E-state index contributed by atoms with van der Waals surface area (Å²) in [5, 5.41) is 1.88. The Morgan fingerprint density at radius 2 is 1.52 bits per heavy atom. The molecule has 6 rings (SSSR count). The van der Waals surface area contributed by atoms with Crippen LogP contribution in [0.3, 0.4) is 0 Å². The van der Waals surface area contributed by atoms with Crippen LogP contribution in [0.15, 0.2) is 103 Å². The Morgan fingerprint density at radius 3 is 2.36 bits per heavy atom. The van der Waals surface area contributed by atoms with E-state index in [1.54, 1.807) is 18.6 Å². The van der Waals surface area contributed by atoms with Gasteiger partial charge in [0.2, 0.25) is 0 Å². The van der Waals surface area contributed by atoms with Gasteiger partial charge in [-0.2, -0.15) is 0 Å². The summed E-state index contributed by atoms with van der Waals surface area (Å²) in [6, 6.07) is 24.1. The van der Waals surface area contributed by atoms with Gasteiger partial charge >= 0.3 is 0 Å². The Balaban J connectivity index is 1.64. The van der Waals surface area contributed by atoms with Gasteiger partial charge in [-0.05, 0) is 35.9 Å². The van der Waals surface area contributed by atoms with E-state index in [9.17, 15) is 4.79 Å². The van der Waals surface area contributed by atoms with Crippen LogP contribution in [0.5, 0.6) is 0 Å². The number of benzene rings is 2. The fourth-order valence-electron chi connectivity index (χ4n) is 4.07. The van der Waals surface area contributed by atoms with Crippen molar-refractivity contribution in [2.75, 3.05) is 0 Å². The van der Waals surface area contributed by atoms with Crippen LogP contribution in [0, 0.1) is 0 Å². The number of pyridine rings is 3. The summed E-state index contributed by atoms with van der Waals surface area (Å²) in [6.45, 7) is 0. The predicted molar refractivity (Wildman–Crippen MR) is 130 cm³/mol. The second-order valence-electron chi connectivity index (χ2n) is 7.74. The van der Waals surface area contributed by atoms with Crippen LogP contribution in [-0.4, -0.2) is 24.9 Å². The van der Waals surface area contributed by atoms with Crippen molar-refractivity contribution in [2.45, 2.75) is 0 Å². The highest BCUT2D eigenvalue weighted by atomic mass is 16.1. The van der Waals surface area contributed by atoms with Crippen molar-refractivity contribution in [1.82, 2.24) is 24.9 Å². The summed E-state index contributed by atoms with van der Waals surface area (Å²) in [6.07, 6.45) is 6.50. The quantitative estimate of drug-likeness (QED) is 0.416. The van der Waals surface area contributed by atoms with Gasteiger partial charge in [-0.1, -0.05) is 42.5 Å². The molecule has 0 atom stereocenters. The molecule has 4 aromatic heterocycles. The smallest absolute Gasteiger partial charge is 0.257 e. The van der Waals surface area contributed by atoms with Gasteiger partial charge in [-0.25, -0.2) is 15.0 Å². The highest BCUT2D eigenvalue weighted by molar-refractivity contribution is 5.94. The lowest BCUT2D eigenvalue weighted by Crippen LogP contribution is -2.10. The molecule has 0 amide bonds. The average Bonchev–Trinajstić information content (AvgIpc) is 2.88. The Bertz CT molecular complexity index is 1680. The minimum absolute atomic E-state index is 0.228. The van der Waals surface area contributed by atoms with Crippen LogP contribution < -0.4 is 5.56 Å². The van der Waals surface area contributed by atoms with E-state index in [2.05, 4.69) is 38.1 Å². The second kappa shape index (κ2) is 7.76. The Morgan fingerprint density at radius 1 is 0.697 bits per heavy atom. The van der Waals surface area contributed by atoms with Gasteiger partial charge in [-0.3, -0.25) is 9.78 Å². The van der Waals surface area contributed by atoms with Crippen LogP contribution in [0.1, 0.15) is 0 Å². The molecule has 0 radical (unpaired) electrons. The van der Waals surface area contributed by atoms with Crippen molar-refractivity contribution < 1.29 is 0 Å². The van der Waals surface area contributed by atoms with Gasteiger partial charge in [0.05, 0.1) is 16.8 Å². The summed E-state index contributed by atoms with van der Waals surface area (Å²) in [5.41, 5.74) is 6.18. The molecule has 6 aromatic rings. The number of hydrogen-bond donors (Lipinski definition) is 1. The number of nitrogens with zero attached hydrogens (tertiary/aromatic N) is 4. The first-order chi connectivity index (χ1) is 16.3. The van der Waals surface area contributed by atoms with Gasteiger partial charge in [0.25, 0.3) is 5.56 Å². The molecule has 0 unspecified atom stereocenters. The maximum atomic E-state index is 12.8. The van der Waals surface area contributed by atoms with E-state index in [0.717, 1.165) is 38.7 Å². The van der Waals surface area contributed by atoms with Crippen LogP contribution >= 0.6 is 0 Å². The second-order valence-corrected chi connectivity index (χ2v) is 7.74. The van der Waals surface area contributed by atoms with Crippen molar-refractivity contribution in [3.63, 3.8) is 0 Å². The third-order valence-electron chi connectivity index (χ3n) is 5.66. The highest BCUT2D eigenvalue weighted by Crippen LogP contribution is 2.34. The number of aromatic nitrogens is 5. The predicted octanol–water partition coefficient (Wildman–Crippen LogP) is 5.26. The summed E-state index contributed by atoms with van der Waals surface area (Å²) in [5.74, 6) is 0. The number of nitrogens with one attached hydrogen (secondary N) is 1. The fraction of sp³-hybridized carbons (Fsp3) is 0. The van der Waals surface area contributed by atoms with Gasteiger partial charge in [0.1, 0.15) is 12.0 Å². The molecular weight excluding hydrogens is 410 g/mol. The lowest BCUT2D eigenvalue weighted by atomic mass is 9.96. The number of aromatic amines is 1. The standard InChI is InChI=1S/C27H17N5O/c33-27-23(21-14-28-16-29-15-21)13-20-12-22(18-8-9-24-19(11-18)7-4-10-30-24)25(31-26(20)32-27)17-5-2-1-3-6-17/h1-16H,(H,31,32,33). The molecule has 0 fully saturated rings.